The van der Waals surface area contributed by atoms with E-state index in [1.165, 1.54) is 12.1 Å². The first kappa shape index (κ1) is 20.1. The van der Waals surface area contributed by atoms with Gasteiger partial charge in [-0.15, -0.1) is 0 Å². The van der Waals surface area contributed by atoms with Crippen LogP contribution in [0.1, 0.15) is 41.5 Å². The largest absolute Gasteiger partial charge is 0.496 e. The number of amides is 1. The summed E-state index contributed by atoms with van der Waals surface area (Å²) in [6.45, 7) is 1.35. The molecule has 0 saturated carbocycles. The second kappa shape index (κ2) is 9.11. The molecule has 1 amide bonds. The molecule has 1 fully saturated rings. The Bertz CT molecular complexity index is 1000. The highest BCUT2D eigenvalue weighted by molar-refractivity contribution is 5.79. The van der Waals surface area contributed by atoms with Crippen LogP contribution in [0.5, 0.6) is 5.75 Å². The lowest BCUT2D eigenvalue weighted by atomic mass is 9.97. The van der Waals surface area contributed by atoms with Crippen LogP contribution >= 0.6 is 0 Å². The second-order valence-electron chi connectivity index (χ2n) is 7.64. The number of nitrogens with zero attached hydrogens (tertiary/aromatic N) is 2. The molecule has 0 spiro atoms. The van der Waals surface area contributed by atoms with E-state index in [1.54, 1.807) is 25.4 Å². The van der Waals surface area contributed by atoms with Crippen molar-refractivity contribution in [3.63, 3.8) is 0 Å². The zero-order valence-corrected chi connectivity index (χ0v) is 17.0. The topological polar surface area (TPSA) is 55.6 Å². The van der Waals surface area contributed by atoms with E-state index in [-0.39, 0.29) is 17.6 Å². The minimum Gasteiger partial charge on any atom is -0.496 e. The smallest absolute Gasteiger partial charge is 0.227 e. The molecule has 6 heteroatoms. The summed E-state index contributed by atoms with van der Waals surface area (Å²) in [6.07, 6.45) is 4.47. The standard InChI is InChI=1S/C24H25FN2O3/c1-29-22-7-3-2-5-18(22)14-23(28)27-12-4-6-19(16-27)24-26-15-21(30-24)13-17-8-10-20(25)11-9-17/h2-3,5,7-11,15,19H,4,6,12-14,16H2,1H3. The Balaban J connectivity index is 1.39. The number of carbonyl (C=O) groups is 1. The number of hydrogen-bond acceptors (Lipinski definition) is 4. The fourth-order valence-corrected chi connectivity index (χ4v) is 3.93. The van der Waals surface area contributed by atoms with Gasteiger partial charge in [-0.2, -0.15) is 0 Å². The quantitative estimate of drug-likeness (QED) is 0.608. The van der Waals surface area contributed by atoms with Crippen molar-refractivity contribution in [1.29, 1.82) is 0 Å². The molecule has 156 valence electrons. The first-order valence-electron chi connectivity index (χ1n) is 10.2. The minimum atomic E-state index is -0.253. The number of halogens is 1. The number of ether oxygens (including phenoxy) is 1. The van der Waals surface area contributed by atoms with Gasteiger partial charge in [0, 0.05) is 25.1 Å². The molecular weight excluding hydrogens is 383 g/mol. The Morgan fingerprint density at radius 1 is 1.23 bits per heavy atom. The fraction of sp³-hybridized carbons (Fsp3) is 0.333. The third-order valence-electron chi connectivity index (χ3n) is 5.52. The summed E-state index contributed by atoms with van der Waals surface area (Å²) in [6, 6.07) is 14.0. The predicted molar refractivity (Wildman–Crippen MR) is 111 cm³/mol. The van der Waals surface area contributed by atoms with Crippen LogP contribution in [-0.2, 0) is 17.6 Å². The lowest BCUT2D eigenvalue weighted by molar-refractivity contribution is -0.131. The van der Waals surface area contributed by atoms with Gasteiger partial charge in [0.2, 0.25) is 5.91 Å². The van der Waals surface area contributed by atoms with E-state index >= 15 is 0 Å². The molecule has 0 N–H and O–H groups in total. The third-order valence-corrected chi connectivity index (χ3v) is 5.52. The van der Waals surface area contributed by atoms with Gasteiger partial charge < -0.3 is 14.1 Å². The van der Waals surface area contributed by atoms with Gasteiger partial charge in [0.05, 0.1) is 25.6 Å². The number of methoxy groups -OCH3 is 1. The van der Waals surface area contributed by atoms with E-state index < -0.39 is 0 Å². The van der Waals surface area contributed by atoms with Gasteiger partial charge in [-0.1, -0.05) is 30.3 Å². The number of para-hydroxylation sites is 1. The van der Waals surface area contributed by atoms with E-state index in [1.807, 2.05) is 29.2 Å². The lowest BCUT2D eigenvalue weighted by Crippen LogP contribution is -2.40. The molecule has 1 unspecified atom stereocenters. The van der Waals surface area contributed by atoms with Gasteiger partial charge in [-0.05, 0) is 36.6 Å². The van der Waals surface area contributed by atoms with Crippen LogP contribution in [0.15, 0.2) is 59.1 Å². The molecule has 1 aliphatic heterocycles. The zero-order chi connectivity index (χ0) is 20.9. The average molecular weight is 408 g/mol. The first-order valence-corrected chi connectivity index (χ1v) is 10.2. The van der Waals surface area contributed by atoms with Gasteiger partial charge in [0.1, 0.15) is 17.3 Å². The molecule has 2 aromatic carbocycles. The molecule has 0 bridgehead atoms. The number of benzene rings is 2. The highest BCUT2D eigenvalue weighted by Crippen LogP contribution is 2.28. The summed E-state index contributed by atoms with van der Waals surface area (Å²) in [4.78, 5) is 19.2. The summed E-state index contributed by atoms with van der Waals surface area (Å²) < 4.78 is 24.4. The highest BCUT2D eigenvalue weighted by Gasteiger charge is 2.28. The number of likely N-dealkylation sites (tertiary alicyclic amines) is 1. The van der Waals surface area contributed by atoms with Crippen molar-refractivity contribution in [1.82, 2.24) is 9.88 Å². The summed E-state index contributed by atoms with van der Waals surface area (Å²) in [5.74, 6) is 2.07. The maximum absolute atomic E-state index is 13.1. The maximum atomic E-state index is 13.1. The first-order chi connectivity index (χ1) is 14.6. The van der Waals surface area contributed by atoms with Crippen LogP contribution in [0, 0.1) is 5.82 Å². The van der Waals surface area contributed by atoms with Crippen LogP contribution in [0.25, 0.3) is 0 Å². The molecule has 1 aliphatic rings. The minimum absolute atomic E-state index is 0.0855. The fourth-order valence-electron chi connectivity index (χ4n) is 3.93. The number of hydrogen-bond donors (Lipinski definition) is 0. The van der Waals surface area contributed by atoms with Gasteiger partial charge in [-0.3, -0.25) is 4.79 Å². The maximum Gasteiger partial charge on any atom is 0.227 e. The Hall–Kier alpha value is -3.15. The number of carbonyl (C=O) groups excluding carboxylic acids is 1. The second-order valence-corrected chi connectivity index (χ2v) is 7.64. The van der Waals surface area contributed by atoms with Gasteiger partial charge in [-0.25, -0.2) is 9.37 Å². The summed E-state index contributed by atoms with van der Waals surface area (Å²) in [7, 11) is 1.62. The molecule has 3 aromatic rings. The highest BCUT2D eigenvalue weighted by atomic mass is 19.1. The predicted octanol–water partition coefficient (Wildman–Crippen LogP) is 4.36. The Morgan fingerprint density at radius 3 is 2.83 bits per heavy atom. The van der Waals surface area contributed by atoms with Gasteiger partial charge >= 0.3 is 0 Å². The van der Waals surface area contributed by atoms with Crippen LogP contribution in [0.2, 0.25) is 0 Å². The van der Waals surface area contributed by atoms with Crippen molar-refractivity contribution in [2.24, 2.45) is 0 Å². The molecule has 30 heavy (non-hydrogen) atoms. The monoisotopic (exact) mass is 408 g/mol. The SMILES string of the molecule is COc1ccccc1CC(=O)N1CCCC(c2ncc(Cc3ccc(F)cc3)o2)C1. The Morgan fingerprint density at radius 2 is 2.03 bits per heavy atom. The van der Waals surface area contributed by atoms with Crippen molar-refractivity contribution < 1.29 is 18.3 Å². The molecule has 2 heterocycles. The summed E-state index contributed by atoms with van der Waals surface area (Å²) >= 11 is 0. The Kier molecular flexibility index (Phi) is 6.12. The van der Waals surface area contributed by atoms with E-state index in [2.05, 4.69) is 4.98 Å². The molecular formula is C24H25FN2O3. The molecule has 5 nitrogen and oxygen atoms in total. The van der Waals surface area contributed by atoms with Crippen molar-refractivity contribution in [3.05, 3.63) is 83.3 Å². The van der Waals surface area contributed by atoms with Crippen LogP contribution < -0.4 is 4.74 Å². The number of aromatic nitrogens is 1. The molecule has 0 radical (unpaired) electrons. The van der Waals surface area contributed by atoms with Crippen molar-refractivity contribution >= 4 is 5.91 Å². The lowest BCUT2D eigenvalue weighted by Gasteiger charge is -2.31. The van der Waals surface area contributed by atoms with E-state index in [0.29, 0.717) is 25.3 Å². The molecule has 1 aromatic heterocycles. The third kappa shape index (κ3) is 4.70. The number of rotatable bonds is 6. The van der Waals surface area contributed by atoms with Crippen molar-refractivity contribution in [3.8, 4) is 5.75 Å². The number of oxazole rings is 1. The van der Waals surface area contributed by atoms with Crippen LogP contribution in [0.4, 0.5) is 4.39 Å². The van der Waals surface area contributed by atoms with E-state index in [0.717, 1.165) is 42.0 Å². The summed E-state index contributed by atoms with van der Waals surface area (Å²) in [5.41, 5.74) is 1.86. The van der Waals surface area contributed by atoms with Crippen LogP contribution in [-0.4, -0.2) is 36.0 Å². The van der Waals surface area contributed by atoms with Crippen molar-refractivity contribution in [2.75, 3.05) is 20.2 Å². The molecule has 0 aliphatic carbocycles. The Labute approximate surface area is 175 Å². The van der Waals surface area contributed by atoms with Crippen molar-refractivity contribution in [2.45, 2.75) is 31.6 Å². The zero-order valence-electron chi connectivity index (χ0n) is 17.0. The van der Waals surface area contributed by atoms with E-state index in [9.17, 15) is 9.18 Å². The van der Waals surface area contributed by atoms with E-state index in [4.69, 9.17) is 9.15 Å². The van der Waals surface area contributed by atoms with Crippen LogP contribution in [0.3, 0.4) is 0 Å². The summed E-state index contributed by atoms with van der Waals surface area (Å²) in [5, 5.41) is 0. The van der Waals surface area contributed by atoms with Gasteiger partial charge in [0.15, 0.2) is 5.89 Å². The molecule has 4 rings (SSSR count). The molecule has 1 atom stereocenters. The average Bonchev–Trinajstić information content (AvgIpc) is 3.24. The molecule has 1 saturated heterocycles. The normalized spacial score (nSPS) is 16.5. The number of piperidine rings is 1. The van der Waals surface area contributed by atoms with Gasteiger partial charge in [0.25, 0.3) is 0 Å².